The summed E-state index contributed by atoms with van der Waals surface area (Å²) in [5.74, 6) is -4.87. The number of nitrogens with zero attached hydrogens (tertiary/aromatic N) is 1. The number of hydrogen-bond acceptors (Lipinski definition) is 4. The van der Waals surface area contributed by atoms with Gasteiger partial charge in [-0.05, 0) is 26.1 Å². The molecule has 0 atom stereocenters. The van der Waals surface area contributed by atoms with Gasteiger partial charge in [0.05, 0.1) is 5.56 Å². The highest BCUT2D eigenvalue weighted by atomic mass is 19.3. The van der Waals surface area contributed by atoms with E-state index in [0.717, 1.165) is 19.2 Å². The van der Waals surface area contributed by atoms with Crippen LogP contribution < -0.4 is 15.4 Å². The first-order chi connectivity index (χ1) is 10.4. The minimum atomic E-state index is -4.25. The van der Waals surface area contributed by atoms with Crippen LogP contribution in [-0.2, 0) is 0 Å². The molecule has 124 valence electrons. The van der Waals surface area contributed by atoms with Gasteiger partial charge < -0.3 is 15.4 Å². The molecule has 0 spiro atoms. The molecule has 0 bridgehead atoms. The van der Waals surface area contributed by atoms with E-state index in [1.54, 1.807) is 7.05 Å². The molecule has 22 heavy (non-hydrogen) atoms. The third kappa shape index (κ3) is 5.84. The second-order valence-electron chi connectivity index (χ2n) is 4.45. The smallest absolute Gasteiger partial charge is 0.340 e. The number of carbonyl (C=O) groups excluding carboxylic acids is 1. The fourth-order valence-electron chi connectivity index (χ4n) is 1.40. The molecule has 1 amide bonds. The van der Waals surface area contributed by atoms with Gasteiger partial charge in [-0.3, -0.25) is 4.79 Å². The van der Waals surface area contributed by atoms with Crippen LogP contribution in [0.5, 0.6) is 5.88 Å². The van der Waals surface area contributed by atoms with E-state index in [0.29, 0.717) is 6.54 Å². The Bertz CT molecular complexity index is 469. The van der Waals surface area contributed by atoms with Crippen molar-refractivity contribution < 1.29 is 27.1 Å². The minimum absolute atomic E-state index is 0.220. The van der Waals surface area contributed by atoms with Crippen molar-refractivity contribution in [3.63, 3.8) is 0 Å². The Morgan fingerprint density at radius 3 is 2.64 bits per heavy atom. The molecule has 1 aromatic rings. The highest BCUT2D eigenvalue weighted by Gasteiger charge is 2.41. The van der Waals surface area contributed by atoms with Crippen LogP contribution in [0.3, 0.4) is 0 Å². The predicted octanol–water partition coefficient (Wildman–Crippen LogP) is 1.70. The monoisotopic (exact) mass is 323 g/mol. The standard InChI is InChI=1S/C13H17F4N3O2/c1-18-5-2-6-19-11(21)9-3-4-10(20-7-9)22-8-13(16,17)12(14)15/h3-4,7,12,18H,2,5-6,8H2,1H3,(H,19,21). The molecule has 1 aromatic heterocycles. The number of nitrogens with one attached hydrogen (secondary N) is 2. The number of carbonyl (C=O) groups is 1. The van der Waals surface area contributed by atoms with Crippen LogP contribution >= 0.6 is 0 Å². The zero-order valence-electron chi connectivity index (χ0n) is 11.9. The van der Waals surface area contributed by atoms with Crippen molar-refractivity contribution in [3.05, 3.63) is 23.9 Å². The highest BCUT2D eigenvalue weighted by molar-refractivity contribution is 5.93. The third-order valence-electron chi connectivity index (χ3n) is 2.62. The number of halogens is 4. The summed E-state index contributed by atoms with van der Waals surface area (Å²) < 4.78 is 53.7. The number of rotatable bonds is 9. The van der Waals surface area contributed by atoms with E-state index in [1.807, 2.05) is 0 Å². The summed E-state index contributed by atoms with van der Waals surface area (Å²) in [6.45, 7) is -0.255. The average Bonchev–Trinajstić information content (AvgIpc) is 2.50. The lowest BCUT2D eigenvalue weighted by molar-refractivity contribution is -0.148. The SMILES string of the molecule is CNCCCNC(=O)c1ccc(OCC(F)(F)C(F)F)nc1. The van der Waals surface area contributed by atoms with Crippen molar-refractivity contribution in [2.24, 2.45) is 0 Å². The quantitative estimate of drug-likeness (QED) is 0.536. The van der Waals surface area contributed by atoms with Gasteiger partial charge in [-0.25, -0.2) is 13.8 Å². The minimum Gasteiger partial charge on any atom is -0.471 e. The zero-order chi connectivity index (χ0) is 16.6. The molecule has 0 saturated heterocycles. The molecule has 0 unspecified atom stereocenters. The summed E-state index contributed by atoms with van der Waals surface area (Å²) in [6, 6.07) is 2.49. The number of pyridine rings is 1. The van der Waals surface area contributed by atoms with Gasteiger partial charge in [-0.1, -0.05) is 0 Å². The van der Waals surface area contributed by atoms with Crippen molar-refractivity contribution >= 4 is 5.91 Å². The van der Waals surface area contributed by atoms with Crippen LogP contribution in [0.2, 0.25) is 0 Å². The van der Waals surface area contributed by atoms with Gasteiger partial charge in [0.25, 0.3) is 5.91 Å². The molecule has 0 aliphatic rings. The Balaban J connectivity index is 2.47. The van der Waals surface area contributed by atoms with Gasteiger partial charge in [0, 0.05) is 18.8 Å². The Hall–Kier alpha value is -1.90. The predicted molar refractivity (Wildman–Crippen MR) is 71.6 cm³/mol. The van der Waals surface area contributed by atoms with E-state index < -0.39 is 19.0 Å². The summed E-state index contributed by atoms with van der Waals surface area (Å²) >= 11 is 0. The maximum atomic E-state index is 12.7. The zero-order valence-corrected chi connectivity index (χ0v) is 11.9. The van der Waals surface area contributed by atoms with Gasteiger partial charge in [-0.2, -0.15) is 8.78 Å². The maximum absolute atomic E-state index is 12.7. The number of aromatic nitrogens is 1. The first-order valence-corrected chi connectivity index (χ1v) is 6.54. The van der Waals surface area contributed by atoms with Crippen LogP contribution in [-0.4, -0.2) is 50.0 Å². The summed E-state index contributed by atoms with van der Waals surface area (Å²) in [5, 5.41) is 5.57. The molecule has 1 rings (SSSR count). The Kier molecular flexibility index (Phi) is 7.03. The molecule has 0 saturated carbocycles. The van der Waals surface area contributed by atoms with Gasteiger partial charge >= 0.3 is 12.3 Å². The van der Waals surface area contributed by atoms with Gasteiger partial charge in [0.15, 0.2) is 6.61 Å². The van der Waals surface area contributed by atoms with Crippen LogP contribution in [0.15, 0.2) is 18.3 Å². The summed E-state index contributed by atoms with van der Waals surface area (Å²) in [4.78, 5) is 15.3. The normalized spacial score (nSPS) is 11.5. The number of hydrogen-bond donors (Lipinski definition) is 2. The van der Waals surface area contributed by atoms with Crippen molar-refractivity contribution in [3.8, 4) is 5.88 Å². The molecule has 5 nitrogen and oxygen atoms in total. The fraction of sp³-hybridized carbons (Fsp3) is 0.538. The summed E-state index contributed by atoms with van der Waals surface area (Å²) in [6.07, 6.45) is -1.93. The average molecular weight is 323 g/mol. The third-order valence-corrected chi connectivity index (χ3v) is 2.62. The van der Waals surface area contributed by atoms with Crippen LogP contribution in [0.4, 0.5) is 17.6 Å². The van der Waals surface area contributed by atoms with Crippen molar-refractivity contribution in [2.75, 3.05) is 26.7 Å². The molecule has 0 fully saturated rings. The summed E-state index contributed by atoms with van der Waals surface area (Å²) in [7, 11) is 1.79. The number of alkyl halides is 4. The first kappa shape index (κ1) is 18.1. The number of ether oxygens (including phenoxy) is 1. The first-order valence-electron chi connectivity index (χ1n) is 6.54. The van der Waals surface area contributed by atoms with Gasteiger partial charge in [0.2, 0.25) is 5.88 Å². The largest absolute Gasteiger partial charge is 0.471 e. The lowest BCUT2D eigenvalue weighted by Gasteiger charge is -2.15. The van der Waals surface area contributed by atoms with Gasteiger partial charge in [0.1, 0.15) is 0 Å². The van der Waals surface area contributed by atoms with Crippen LogP contribution in [0, 0.1) is 0 Å². The van der Waals surface area contributed by atoms with Crippen LogP contribution in [0.1, 0.15) is 16.8 Å². The van der Waals surface area contributed by atoms with E-state index in [4.69, 9.17) is 0 Å². The molecule has 0 aliphatic carbocycles. The van der Waals surface area contributed by atoms with Crippen LogP contribution in [0.25, 0.3) is 0 Å². The topological polar surface area (TPSA) is 63.2 Å². The second kappa shape index (κ2) is 8.52. The Labute approximate surface area is 125 Å². The van der Waals surface area contributed by atoms with Crippen molar-refractivity contribution in [2.45, 2.75) is 18.8 Å². The number of amides is 1. The second-order valence-corrected chi connectivity index (χ2v) is 4.45. The molecular weight excluding hydrogens is 306 g/mol. The summed E-state index contributed by atoms with van der Waals surface area (Å²) in [5.41, 5.74) is 0.220. The van der Waals surface area contributed by atoms with E-state index >= 15 is 0 Å². The molecule has 9 heteroatoms. The van der Waals surface area contributed by atoms with E-state index in [2.05, 4.69) is 20.4 Å². The molecule has 0 radical (unpaired) electrons. The van der Waals surface area contributed by atoms with Crippen molar-refractivity contribution in [1.82, 2.24) is 15.6 Å². The van der Waals surface area contributed by atoms with Gasteiger partial charge in [-0.15, -0.1) is 0 Å². The maximum Gasteiger partial charge on any atom is 0.340 e. The highest BCUT2D eigenvalue weighted by Crippen LogP contribution is 2.23. The lowest BCUT2D eigenvalue weighted by atomic mass is 10.2. The van der Waals surface area contributed by atoms with E-state index in [1.165, 1.54) is 12.1 Å². The molecule has 0 aromatic carbocycles. The van der Waals surface area contributed by atoms with E-state index in [-0.39, 0.29) is 17.4 Å². The van der Waals surface area contributed by atoms with Crippen molar-refractivity contribution in [1.29, 1.82) is 0 Å². The fourth-order valence-corrected chi connectivity index (χ4v) is 1.40. The lowest BCUT2D eigenvalue weighted by Crippen LogP contribution is -2.33. The Morgan fingerprint density at radius 1 is 1.36 bits per heavy atom. The molecule has 1 heterocycles. The molecule has 0 aliphatic heterocycles. The Morgan fingerprint density at radius 2 is 2.09 bits per heavy atom. The molecule has 2 N–H and O–H groups in total. The molecular formula is C13H17F4N3O2. The van der Waals surface area contributed by atoms with E-state index in [9.17, 15) is 22.4 Å².